The Bertz CT molecular complexity index is 584. The normalized spacial score (nSPS) is 19.8. The third kappa shape index (κ3) is 3.61. The average molecular weight is 307 g/mol. The van der Waals surface area contributed by atoms with E-state index in [1.165, 1.54) is 0 Å². The van der Waals surface area contributed by atoms with Crippen molar-refractivity contribution in [1.29, 1.82) is 0 Å². The molecule has 5 nitrogen and oxygen atoms in total. The first kappa shape index (κ1) is 14.5. The van der Waals surface area contributed by atoms with Crippen LogP contribution in [-0.4, -0.2) is 44.7 Å². The van der Waals surface area contributed by atoms with Gasteiger partial charge in [0.1, 0.15) is 0 Å². The monoisotopic (exact) mass is 306 g/mol. The number of aliphatic hydroxyl groups excluding tert-OH is 1. The average Bonchev–Trinajstić information content (AvgIpc) is 2.96. The van der Waals surface area contributed by atoms with Gasteiger partial charge in [0.05, 0.1) is 17.6 Å². The van der Waals surface area contributed by atoms with Crippen LogP contribution in [0.2, 0.25) is 5.02 Å². The summed E-state index contributed by atoms with van der Waals surface area (Å²) in [5, 5.41) is 18.4. The van der Waals surface area contributed by atoms with Crippen LogP contribution >= 0.6 is 11.6 Å². The molecule has 3 rings (SSSR count). The summed E-state index contributed by atoms with van der Waals surface area (Å²) >= 11 is 5.89. The molecule has 0 saturated carbocycles. The molecule has 1 atom stereocenters. The maximum Gasteiger partial charge on any atom is 0.0971 e. The van der Waals surface area contributed by atoms with Gasteiger partial charge in [-0.3, -0.25) is 4.90 Å². The molecule has 1 fully saturated rings. The first-order chi connectivity index (χ1) is 10.2. The summed E-state index contributed by atoms with van der Waals surface area (Å²) in [5.74, 6) is 0.394. The van der Waals surface area contributed by atoms with Crippen LogP contribution in [0.25, 0.3) is 5.69 Å². The van der Waals surface area contributed by atoms with Crippen LogP contribution in [0.4, 0.5) is 0 Å². The van der Waals surface area contributed by atoms with E-state index in [2.05, 4.69) is 15.2 Å². The second kappa shape index (κ2) is 6.56. The van der Waals surface area contributed by atoms with Gasteiger partial charge in [-0.25, -0.2) is 4.68 Å². The zero-order valence-corrected chi connectivity index (χ0v) is 12.6. The number of likely N-dealkylation sites (tertiary alicyclic amines) is 1. The highest BCUT2D eigenvalue weighted by atomic mass is 35.5. The van der Waals surface area contributed by atoms with E-state index in [1.54, 1.807) is 4.68 Å². The van der Waals surface area contributed by atoms with Crippen molar-refractivity contribution in [2.75, 3.05) is 19.7 Å². The van der Waals surface area contributed by atoms with Gasteiger partial charge in [-0.2, -0.15) is 0 Å². The Morgan fingerprint density at radius 3 is 2.86 bits per heavy atom. The Morgan fingerprint density at radius 2 is 2.10 bits per heavy atom. The van der Waals surface area contributed by atoms with Crippen molar-refractivity contribution in [1.82, 2.24) is 19.9 Å². The number of hydrogen-bond donors (Lipinski definition) is 1. The summed E-state index contributed by atoms with van der Waals surface area (Å²) in [7, 11) is 0. The number of benzene rings is 1. The van der Waals surface area contributed by atoms with E-state index in [0.717, 1.165) is 43.9 Å². The predicted molar refractivity (Wildman–Crippen MR) is 81.5 cm³/mol. The lowest BCUT2D eigenvalue weighted by Gasteiger charge is -2.30. The van der Waals surface area contributed by atoms with Gasteiger partial charge in [0.2, 0.25) is 0 Å². The SMILES string of the molecule is OCC1CCCN(Cc2cn(-c3ccc(Cl)cc3)nn2)C1. The molecular formula is C15H19ClN4O. The molecule has 21 heavy (non-hydrogen) atoms. The van der Waals surface area contributed by atoms with Gasteiger partial charge in [0.25, 0.3) is 0 Å². The van der Waals surface area contributed by atoms with E-state index >= 15 is 0 Å². The summed E-state index contributed by atoms with van der Waals surface area (Å²) in [6.45, 7) is 3.05. The van der Waals surface area contributed by atoms with Gasteiger partial charge in [-0.15, -0.1) is 5.10 Å². The lowest BCUT2D eigenvalue weighted by Crippen LogP contribution is -2.36. The van der Waals surface area contributed by atoms with E-state index < -0.39 is 0 Å². The van der Waals surface area contributed by atoms with Crippen molar-refractivity contribution in [2.45, 2.75) is 19.4 Å². The summed E-state index contributed by atoms with van der Waals surface area (Å²) in [4.78, 5) is 2.33. The molecule has 2 heterocycles. The van der Waals surface area contributed by atoms with Gasteiger partial charge in [-0.1, -0.05) is 16.8 Å². The second-order valence-electron chi connectivity index (χ2n) is 5.56. The molecular weight excluding hydrogens is 288 g/mol. The molecule has 0 amide bonds. The molecule has 0 spiro atoms. The topological polar surface area (TPSA) is 54.2 Å². The van der Waals surface area contributed by atoms with Crippen molar-refractivity contribution in [3.63, 3.8) is 0 Å². The van der Waals surface area contributed by atoms with Crippen LogP contribution in [0.15, 0.2) is 30.5 Å². The summed E-state index contributed by atoms with van der Waals surface area (Å²) in [6, 6.07) is 7.52. The highest BCUT2D eigenvalue weighted by Crippen LogP contribution is 2.18. The zero-order valence-electron chi connectivity index (χ0n) is 11.8. The van der Waals surface area contributed by atoms with Gasteiger partial charge in [0.15, 0.2) is 0 Å². The number of halogens is 1. The van der Waals surface area contributed by atoms with Gasteiger partial charge in [-0.05, 0) is 49.6 Å². The van der Waals surface area contributed by atoms with E-state index in [9.17, 15) is 5.11 Å². The van der Waals surface area contributed by atoms with Crippen molar-refractivity contribution < 1.29 is 5.11 Å². The molecule has 1 aromatic carbocycles. The first-order valence-electron chi connectivity index (χ1n) is 7.25. The van der Waals surface area contributed by atoms with E-state index in [4.69, 9.17) is 11.6 Å². The number of hydrogen-bond acceptors (Lipinski definition) is 4. The summed E-state index contributed by atoms with van der Waals surface area (Å²) < 4.78 is 1.76. The zero-order chi connectivity index (χ0) is 14.7. The first-order valence-corrected chi connectivity index (χ1v) is 7.63. The Morgan fingerprint density at radius 1 is 1.29 bits per heavy atom. The minimum atomic E-state index is 0.272. The standard InChI is InChI=1S/C15H19ClN4O/c16-13-3-5-15(6-4-13)20-10-14(17-18-20)9-19-7-1-2-12(8-19)11-21/h3-6,10,12,21H,1-2,7-9,11H2. The third-order valence-corrected chi connectivity index (χ3v) is 4.13. The molecule has 0 bridgehead atoms. The summed E-state index contributed by atoms with van der Waals surface area (Å²) in [5.41, 5.74) is 1.90. The van der Waals surface area contributed by atoms with Crippen LogP contribution in [-0.2, 0) is 6.54 Å². The molecule has 1 aliphatic rings. The lowest BCUT2D eigenvalue weighted by atomic mass is 9.99. The minimum Gasteiger partial charge on any atom is -0.396 e. The van der Waals surface area contributed by atoms with Crippen molar-refractivity contribution in [3.05, 3.63) is 41.2 Å². The van der Waals surface area contributed by atoms with Crippen molar-refractivity contribution in [3.8, 4) is 5.69 Å². The van der Waals surface area contributed by atoms with Crippen LogP contribution in [0.1, 0.15) is 18.5 Å². The number of nitrogens with zero attached hydrogens (tertiary/aromatic N) is 4. The molecule has 112 valence electrons. The van der Waals surface area contributed by atoms with Crippen LogP contribution in [0.3, 0.4) is 0 Å². The van der Waals surface area contributed by atoms with E-state index in [0.29, 0.717) is 10.9 Å². The largest absolute Gasteiger partial charge is 0.396 e. The number of rotatable bonds is 4. The van der Waals surface area contributed by atoms with Gasteiger partial charge in [0, 0.05) is 24.7 Å². The number of aromatic nitrogens is 3. The van der Waals surface area contributed by atoms with Gasteiger partial charge >= 0.3 is 0 Å². The molecule has 1 aliphatic heterocycles. The number of aliphatic hydroxyl groups is 1. The van der Waals surface area contributed by atoms with Crippen LogP contribution < -0.4 is 0 Å². The molecule has 2 aromatic rings. The number of piperidine rings is 1. The Balaban J connectivity index is 1.66. The Labute approximate surface area is 129 Å². The highest BCUT2D eigenvalue weighted by molar-refractivity contribution is 6.30. The minimum absolute atomic E-state index is 0.272. The van der Waals surface area contributed by atoms with Crippen molar-refractivity contribution in [2.24, 2.45) is 5.92 Å². The molecule has 1 N–H and O–H groups in total. The fourth-order valence-corrected chi connectivity index (χ4v) is 2.89. The fraction of sp³-hybridized carbons (Fsp3) is 0.467. The summed E-state index contributed by atoms with van der Waals surface area (Å²) in [6.07, 6.45) is 4.20. The fourth-order valence-electron chi connectivity index (χ4n) is 2.76. The smallest absolute Gasteiger partial charge is 0.0971 e. The van der Waals surface area contributed by atoms with E-state index in [1.807, 2.05) is 30.5 Å². The maximum atomic E-state index is 9.28. The molecule has 0 aliphatic carbocycles. The molecule has 1 unspecified atom stereocenters. The Kier molecular flexibility index (Phi) is 4.53. The molecule has 0 radical (unpaired) electrons. The van der Waals surface area contributed by atoms with Crippen molar-refractivity contribution >= 4 is 11.6 Å². The van der Waals surface area contributed by atoms with E-state index in [-0.39, 0.29) is 6.61 Å². The van der Waals surface area contributed by atoms with Gasteiger partial charge < -0.3 is 5.11 Å². The third-order valence-electron chi connectivity index (χ3n) is 3.88. The maximum absolute atomic E-state index is 9.28. The highest BCUT2D eigenvalue weighted by Gasteiger charge is 2.20. The quantitative estimate of drug-likeness (QED) is 0.940. The van der Waals surface area contributed by atoms with Crippen LogP contribution in [0, 0.1) is 5.92 Å². The molecule has 1 aromatic heterocycles. The van der Waals surface area contributed by atoms with Crippen LogP contribution in [0.5, 0.6) is 0 Å². The predicted octanol–water partition coefficient (Wildman–Crippen LogP) is 2.12. The second-order valence-corrected chi connectivity index (χ2v) is 5.99. The molecule has 6 heteroatoms. The Hall–Kier alpha value is -1.43. The molecule has 1 saturated heterocycles. The lowest BCUT2D eigenvalue weighted by molar-refractivity contribution is 0.115.